The maximum atomic E-state index is 11.9. The van der Waals surface area contributed by atoms with Crippen LogP contribution in [0.1, 0.15) is 10.4 Å². The molecule has 2 aromatic rings. The molecule has 88 valence electrons. The molecule has 0 aliphatic carbocycles. The number of nitrogens with zero attached hydrogens (tertiary/aromatic N) is 1. The number of carbonyl (C=O) groups excluding carboxylic acids is 1. The molecule has 0 unspecified atom stereocenters. The minimum Gasteiger partial charge on any atom is -0.497 e. The Balaban J connectivity index is 2.21. The molecule has 0 aliphatic rings. The lowest BCUT2D eigenvalue weighted by molar-refractivity contribution is 0.102. The summed E-state index contributed by atoms with van der Waals surface area (Å²) in [5.41, 5.74) is 6.56. The van der Waals surface area contributed by atoms with Crippen LogP contribution in [-0.2, 0) is 0 Å². The first-order valence-electron chi connectivity index (χ1n) is 4.94. The van der Waals surface area contributed by atoms with E-state index < -0.39 is 0 Å². The van der Waals surface area contributed by atoms with Gasteiger partial charge in [-0.15, -0.1) is 0 Å². The molecule has 1 amide bonds. The number of rotatable bonds is 3. The lowest BCUT2D eigenvalue weighted by Crippen LogP contribution is -2.12. The summed E-state index contributed by atoms with van der Waals surface area (Å²) in [5.74, 6) is 0.788. The van der Waals surface area contributed by atoms with Crippen molar-refractivity contribution in [1.29, 1.82) is 0 Å². The van der Waals surface area contributed by atoms with E-state index in [9.17, 15) is 4.79 Å². The van der Waals surface area contributed by atoms with Gasteiger partial charge in [-0.1, -0.05) is 0 Å². The Morgan fingerprint density at radius 2 is 2.29 bits per heavy atom. The molecule has 2 rings (SSSR count). The molecule has 0 radical (unpaired) electrons. The molecular weight excluding hydrogens is 220 g/mol. The maximum absolute atomic E-state index is 11.9. The highest BCUT2D eigenvalue weighted by atomic mass is 16.5. The van der Waals surface area contributed by atoms with Crippen molar-refractivity contribution in [3.63, 3.8) is 0 Å². The normalized spacial score (nSPS) is 9.94. The fourth-order valence-electron chi connectivity index (χ4n) is 1.39. The fraction of sp³-hybridized carbons (Fsp3) is 0.0909. The second-order valence-corrected chi connectivity index (χ2v) is 3.42. The van der Waals surface area contributed by atoms with Crippen molar-refractivity contribution in [2.24, 2.45) is 0 Å². The van der Waals surface area contributed by atoms with E-state index in [4.69, 9.17) is 10.5 Å². The average Bonchev–Trinajstić information content (AvgIpc) is 2.81. The molecule has 0 saturated carbocycles. The molecule has 1 aromatic carbocycles. The predicted octanol–water partition coefficient (Wildman–Crippen LogP) is 1.25. The number of H-pyrrole nitrogens is 1. The number of hydrogen-bond acceptors (Lipinski definition) is 4. The number of ether oxygens (including phenoxy) is 1. The summed E-state index contributed by atoms with van der Waals surface area (Å²) in [6.45, 7) is 0. The second-order valence-electron chi connectivity index (χ2n) is 3.42. The van der Waals surface area contributed by atoms with Crippen LogP contribution >= 0.6 is 0 Å². The molecule has 6 nitrogen and oxygen atoms in total. The number of hydrogen-bond donors (Lipinski definition) is 3. The fourth-order valence-corrected chi connectivity index (χ4v) is 1.39. The van der Waals surface area contributed by atoms with Crippen molar-refractivity contribution in [2.45, 2.75) is 0 Å². The van der Waals surface area contributed by atoms with Gasteiger partial charge in [-0.05, 0) is 12.1 Å². The third-order valence-corrected chi connectivity index (χ3v) is 2.18. The van der Waals surface area contributed by atoms with Crippen LogP contribution in [0.15, 0.2) is 30.5 Å². The van der Waals surface area contributed by atoms with Crippen molar-refractivity contribution in [3.05, 3.63) is 36.0 Å². The van der Waals surface area contributed by atoms with E-state index in [0.29, 0.717) is 22.8 Å². The molecule has 0 fully saturated rings. The molecule has 0 bridgehead atoms. The average molecular weight is 232 g/mol. The molecule has 0 aliphatic heterocycles. The SMILES string of the molecule is COc1cc(N)cc(C(=O)Nc2ccn[nH]2)c1. The van der Waals surface area contributed by atoms with Gasteiger partial charge in [0.2, 0.25) is 0 Å². The number of anilines is 2. The van der Waals surface area contributed by atoms with Crippen molar-refractivity contribution < 1.29 is 9.53 Å². The standard InChI is InChI=1S/C11H12N4O2/c1-17-9-5-7(4-8(12)6-9)11(16)14-10-2-3-13-15-10/h2-6H,12H2,1H3,(H2,13,14,15,16). The molecule has 17 heavy (non-hydrogen) atoms. The first-order chi connectivity index (χ1) is 8.19. The van der Waals surface area contributed by atoms with E-state index >= 15 is 0 Å². The first-order valence-corrected chi connectivity index (χ1v) is 4.94. The van der Waals surface area contributed by atoms with Crippen LogP contribution in [0.4, 0.5) is 11.5 Å². The molecular formula is C11H12N4O2. The van der Waals surface area contributed by atoms with Crippen molar-refractivity contribution >= 4 is 17.4 Å². The third kappa shape index (κ3) is 2.54. The Kier molecular flexibility index (Phi) is 2.95. The number of amides is 1. The Morgan fingerprint density at radius 3 is 2.94 bits per heavy atom. The van der Waals surface area contributed by atoms with Gasteiger partial charge in [-0.25, -0.2) is 0 Å². The van der Waals surface area contributed by atoms with E-state index in [1.165, 1.54) is 7.11 Å². The molecule has 6 heteroatoms. The lowest BCUT2D eigenvalue weighted by atomic mass is 10.2. The molecule has 0 spiro atoms. The van der Waals surface area contributed by atoms with Gasteiger partial charge < -0.3 is 15.8 Å². The number of aromatic amines is 1. The smallest absolute Gasteiger partial charge is 0.257 e. The third-order valence-electron chi connectivity index (χ3n) is 2.18. The number of nitrogen functional groups attached to an aromatic ring is 1. The first kappa shape index (κ1) is 11.0. The number of carbonyl (C=O) groups is 1. The number of aromatic nitrogens is 2. The van der Waals surface area contributed by atoms with Crippen LogP contribution in [0.25, 0.3) is 0 Å². The summed E-state index contributed by atoms with van der Waals surface area (Å²) in [6.07, 6.45) is 1.55. The van der Waals surface area contributed by atoms with Crippen molar-refractivity contribution in [3.8, 4) is 5.75 Å². The van der Waals surface area contributed by atoms with E-state index in [1.54, 1.807) is 30.5 Å². The number of methoxy groups -OCH3 is 1. The molecule has 0 saturated heterocycles. The minimum atomic E-state index is -0.278. The van der Waals surface area contributed by atoms with Gasteiger partial charge >= 0.3 is 0 Å². The number of nitrogens with one attached hydrogen (secondary N) is 2. The van der Waals surface area contributed by atoms with Crippen LogP contribution in [0.2, 0.25) is 0 Å². The van der Waals surface area contributed by atoms with Crippen LogP contribution in [0.3, 0.4) is 0 Å². The van der Waals surface area contributed by atoms with E-state index in [-0.39, 0.29) is 5.91 Å². The molecule has 0 atom stereocenters. The summed E-state index contributed by atoms with van der Waals surface area (Å²) in [5, 5.41) is 9.02. The quantitative estimate of drug-likeness (QED) is 0.694. The Hall–Kier alpha value is -2.50. The zero-order chi connectivity index (χ0) is 12.3. The molecule has 4 N–H and O–H groups in total. The summed E-state index contributed by atoms with van der Waals surface area (Å²) in [4.78, 5) is 11.9. The minimum absolute atomic E-state index is 0.278. The summed E-state index contributed by atoms with van der Waals surface area (Å²) in [6, 6.07) is 6.49. The Labute approximate surface area is 97.8 Å². The summed E-state index contributed by atoms with van der Waals surface area (Å²) < 4.78 is 5.04. The van der Waals surface area contributed by atoms with Crippen LogP contribution in [-0.4, -0.2) is 23.2 Å². The van der Waals surface area contributed by atoms with Crippen LogP contribution in [0.5, 0.6) is 5.75 Å². The number of benzene rings is 1. The maximum Gasteiger partial charge on any atom is 0.257 e. The van der Waals surface area contributed by atoms with E-state index in [0.717, 1.165) is 0 Å². The Morgan fingerprint density at radius 1 is 1.47 bits per heavy atom. The van der Waals surface area contributed by atoms with Gasteiger partial charge in [0.1, 0.15) is 11.6 Å². The van der Waals surface area contributed by atoms with Crippen molar-refractivity contribution in [1.82, 2.24) is 10.2 Å². The predicted molar refractivity (Wildman–Crippen MR) is 63.9 cm³/mol. The topological polar surface area (TPSA) is 93.0 Å². The van der Waals surface area contributed by atoms with Gasteiger partial charge in [-0.3, -0.25) is 9.89 Å². The van der Waals surface area contributed by atoms with Crippen molar-refractivity contribution in [2.75, 3.05) is 18.2 Å². The molecule has 1 heterocycles. The highest BCUT2D eigenvalue weighted by molar-refractivity contribution is 6.04. The van der Waals surface area contributed by atoms with Gasteiger partial charge in [0, 0.05) is 23.4 Å². The zero-order valence-electron chi connectivity index (χ0n) is 9.23. The van der Waals surface area contributed by atoms with Crippen LogP contribution < -0.4 is 15.8 Å². The van der Waals surface area contributed by atoms with Gasteiger partial charge in [-0.2, -0.15) is 5.10 Å². The van der Waals surface area contributed by atoms with Gasteiger partial charge in [0.05, 0.1) is 13.3 Å². The summed E-state index contributed by atoms with van der Waals surface area (Å²) >= 11 is 0. The second kappa shape index (κ2) is 4.56. The van der Waals surface area contributed by atoms with Gasteiger partial charge in [0.15, 0.2) is 0 Å². The Bertz CT molecular complexity index is 522. The lowest BCUT2D eigenvalue weighted by Gasteiger charge is -2.06. The van der Waals surface area contributed by atoms with Crippen LogP contribution in [0, 0.1) is 0 Å². The molecule has 1 aromatic heterocycles. The van der Waals surface area contributed by atoms with E-state index in [2.05, 4.69) is 15.5 Å². The van der Waals surface area contributed by atoms with E-state index in [1.807, 2.05) is 0 Å². The number of nitrogens with two attached hydrogens (primary N) is 1. The monoisotopic (exact) mass is 232 g/mol. The largest absolute Gasteiger partial charge is 0.497 e. The summed E-state index contributed by atoms with van der Waals surface area (Å²) in [7, 11) is 1.52. The van der Waals surface area contributed by atoms with Gasteiger partial charge in [0.25, 0.3) is 5.91 Å². The zero-order valence-corrected chi connectivity index (χ0v) is 9.23. The highest BCUT2D eigenvalue weighted by Crippen LogP contribution is 2.19. The highest BCUT2D eigenvalue weighted by Gasteiger charge is 2.09.